The molecule has 10 nitrogen and oxygen atoms in total. The number of sulfonamides is 2. The quantitative estimate of drug-likeness (QED) is 0.0931. The third-order valence-electron chi connectivity index (χ3n) is 9.52. The van der Waals surface area contributed by atoms with Gasteiger partial charge in [-0.25, -0.2) is 21.8 Å². The van der Waals surface area contributed by atoms with Gasteiger partial charge in [-0.05, 0) is 103 Å². The van der Waals surface area contributed by atoms with Crippen LogP contribution in [0.15, 0.2) is 156 Å². The van der Waals surface area contributed by atoms with Crippen LogP contribution in [0.4, 0.5) is 5.69 Å². The van der Waals surface area contributed by atoms with E-state index in [0.717, 1.165) is 41.8 Å². The molecule has 14 heteroatoms. The Morgan fingerprint density at radius 2 is 1.35 bits per heavy atom. The predicted molar refractivity (Wildman–Crippen MR) is 239 cm³/mol. The lowest BCUT2D eigenvalue weighted by Gasteiger charge is -2.25. The molecular weight excluding hydrogens is 836 g/mol. The summed E-state index contributed by atoms with van der Waals surface area (Å²) in [6.45, 7) is 3.80. The summed E-state index contributed by atoms with van der Waals surface area (Å²) >= 11 is 7.94. The van der Waals surface area contributed by atoms with Gasteiger partial charge in [-0.1, -0.05) is 84.4 Å². The van der Waals surface area contributed by atoms with E-state index in [1.165, 1.54) is 28.6 Å². The van der Waals surface area contributed by atoms with Crippen LogP contribution in [0.1, 0.15) is 44.0 Å². The van der Waals surface area contributed by atoms with Crippen molar-refractivity contribution in [3.05, 3.63) is 184 Å². The number of fused-ring (bicyclic) bond motifs is 1. The Balaban J connectivity index is 0.000000202. The van der Waals surface area contributed by atoms with E-state index in [9.17, 15) is 26.4 Å². The lowest BCUT2D eigenvalue weighted by molar-refractivity contribution is -0.117. The van der Waals surface area contributed by atoms with Crippen LogP contribution >= 0.6 is 22.9 Å². The highest BCUT2D eigenvalue weighted by molar-refractivity contribution is 7.93. The average molecular weight is 880 g/mol. The number of nitrogens with zero attached hydrogens (tertiary/aromatic N) is 4. The molecule has 0 aliphatic rings. The molecule has 0 unspecified atom stereocenters. The van der Waals surface area contributed by atoms with Crippen molar-refractivity contribution in [3.63, 3.8) is 0 Å². The lowest BCUT2D eigenvalue weighted by Crippen LogP contribution is -2.36. The lowest BCUT2D eigenvalue weighted by atomic mass is 10.0. The van der Waals surface area contributed by atoms with Gasteiger partial charge in [-0.3, -0.25) is 18.9 Å². The van der Waals surface area contributed by atoms with Crippen LogP contribution in [-0.4, -0.2) is 56.3 Å². The van der Waals surface area contributed by atoms with Gasteiger partial charge >= 0.3 is 0 Å². The van der Waals surface area contributed by atoms with Crippen molar-refractivity contribution in [3.8, 4) is 0 Å². The Hall–Kier alpha value is -5.57. The summed E-state index contributed by atoms with van der Waals surface area (Å²) in [5.74, 6) is -0.258. The second-order valence-electron chi connectivity index (χ2n) is 14.1. The SMILES string of the molecule is Cc1ccc(Cl)c(N(CC(=O)CCc2ccncc2)S(=O)(=O)c2ccccc2)c1.Cc1nc2cc(CC(=O)c3ccc(S(=O)(=O)N(C)Cc4ccccc4)cc3)ccc2s1. The van der Waals surface area contributed by atoms with Crippen molar-refractivity contribution >= 4 is 70.5 Å². The third kappa shape index (κ3) is 11.2. The van der Waals surface area contributed by atoms with Crippen molar-refractivity contribution < 1.29 is 26.4 Å². The van der Waals surface area contributed by atoms with Crippen molar-refractivity contribution in [2.45, 2.75) is 49.4 Å². The molecule has 0 aliphatic heterocycles. The molecule has 0 atom stereocenters. The van der Waals surface area contributed by atoms with Crippen LogP contribution in [0.5, 0.6) is 0 Å². The minimum atomic E-state index is -3.95. The first-order chi connectivity index (χ1) is 28.7. The molecule has 0 saturated carbocycles. The molecule has 2 heterocycles. The minimum absolute atomic E-state index is 0.0621. The molecule has 5 aromatic carbocycles. The highest BCUT2D eigenvalue weighted by Gasteiger charge is 2.29. The second-order valence-corrected chi connectivity index (χ2v) is 19.6. The van der Waals surface area contributed by atoms with Gasteiger partial charge in [-0.2, -0.15) is 4.31 Å². The first kappa shape index (κ1) is 44.0. The number of carbonyl (C=O) groups excluding carboxylic acids is 2. The summed E-state index contributed by atoms with van der Waals surface area (Å²) in [5.41, 5.74) is 5.30. The van der Waals surface area contributed by atoms with E-state index in [4.69, 9.17) is 11.6 Å². The van der Waals surface area contributed by atoms with Gasteiger partial charge in [0.05, 0.1) is 42.3 Å². The largest absolute Gasteiger partial charge is 0.298 e. The fourth-order valence-corrected chi connectivity index (χ4v) is 10.0. The number of ketones is 2. The van der Waals surface area contributed by atoms with E-state index in [1.54, 1.807) is 79.3 Å². The van der Waals surface area contributed by atoms with Gasteiger partial charge in [0.15, 0.2) is 11.6 Å². The van der Waals surface area contributed by atoms with Crippen LogP contribution in [0, 0.1) is 13.8 Å². The Kier molecular flexibility index (Phi) is 14.4. The van der Waals surface area contributed by atoms with Gasteiger partial charge in [-0.15, -0.1) is 11.3 Å². The topological polar surface area (TPSA) is 135 Å². The number of pyridine rings is 1. The third-order valence-corrected chi connectivity index (χ3v) is 14.4. The van der Waals surface area contributed by atoms with E-state index in [1.807, 2.05) is 74.5 Å². The number of thiazole rings is 1. The van der Waals surface area contributed by atoms with Crippen LogP contribution in [0.3, 0.4) is 0 Å². The molecular formula is C46H43ClN4O6S3. The fraction of sp³-hybridized carbons (Fsp3) is 0.174. The fourth-order valence-electron chi connectivity index (χ4n) is 6.31. The van der Waals surface area contributed by atoms with Crippen molar-refractivity contribution in [1.29, 1.82) is 0 Å². The number of benzene rings is 5. The van der Waals surface area contributed by atoms with Gasteiger partial charge < -0.3 is 0 Å². The number of anilines is 1. The molecule has 0 fully saturated rings. The number of aromatic nitrogens is 2. The maximum absolute atomic E-state index is 13.3. The minimum Gasteiger partial charge on any atom is -0.298 e. The van der Waals surface area contributed by atoms with Crippen molar-refractivity contribution in [2.24, 2.45) is 0 Å². The highest BCUT2D eigenvalue weighted by Crippen LogP contribution is 2.32. The summed E-state index contributed by atoms with van der Waals surface area (Å²) in [6.07, 6.45) is 4.31. The number of hydrogen-bond acceptors (Lipinski definition) is 9. The predicted octanol–water partition coefficient (Wildman–Crippen LogP) is 9.29. The van der Waals surface area contributed by atoms with Crippen LogP contribution < -0.4 is 4.31 Å². The Morgan fingerprint density at radius 1 is 0.700 bits per heavy atom. The molecule has 7 rings (SSSR count). The number of halogens is 1. The standard InChI is InChI=1S/C24H22N2O3S2.C22H21ClN2O3S/c1-17-25-22-14-19(8-13-24(22)30-17)15-23(27)20-9-11-21(12-10-20)31(28,29)26(2)16-18-6-4-3-5-7-18;1-17-7-10-21(23)22(15-17)25(29(27,28)20-5-3-2-4-6-20)16-19(26)9-8-18-11-13-24-14-12-18/h3-14H,15-16H2,1-2H3;2-7,10-15H,8-9,16H2,1H3. The van der Waals surface area contributed by atoms with Gasteiger partial charge in [0, 0.05) is 44.4 Å². The molecule has 0 radical (unpaired) electrons. The zero-order chi connectivity index (χ0) is 42.9. The molecule has 60 heavy (non-hydrogen) atoms. The van der Waals surface area contributed by atoms with Crippen LogP contribution in [0.25, 0.3) is 10.2 Å². The summed E-state index contributed by atoms with van der Waals surface area (Å²) in [4.78, 5) is 34.1. The second kappa shape index (κ2) is 19.7. The van der Waals surface area contributed by atoms with E-state index in [-0.39, 0.29) is 52.3 Å². The zero-order valence-corrected chi connectivity index (χ0v) is 36.4. The van der Waals surface area contributed by atoms with Crippen molar-refractivity contribution in [2.75, 3.05) is 17.9 Å². The molecule has 0 amide bonds. The maximum atomic E-state index is 13.3. The summed E-state index contributed by atoms with van der Waals surface area (Å²) in [7, 11) is -6.05. The molecule has 0 spiro atoms. The first-order valence-electron chi connectivity index (χ1n) is 18.9. The zero-order valence-electron chi connectivity index (χ0n) is 33.2. The van der Waals surface area contributed by atoms with E-state index in [0.29, 0.717) is 17.7 Å². The molecule has 2 aromatic heterocycles. The Bertz CT molecular complexity index is 2800. The molecule has 0 saturated heterocycles. The van der Waals surface area contributed by atoms with Gasteiger partial charge in [0.1, 0.15) is 0 Å². The number of carbonyl (C=O) groups is 2. The van der Waals surface area contributed by atoms with Crippen LogP contribution in [0.2, 0.25) is 5.02 Å². The average Bonchev–Trinajstić information content (AvgIpc) is 3.63. The molecule has 308 valence electrons. The number of aryl methyl sites for hydroxylation is 3. The first-order valence-corrected chi connectivity index (χ1v) is 23.0. The van der Waals surface area contributed by atoms with E-state index in [2.05, 4.69) is 9.97 Å². The Labute approximate surface area is 360 Å². The summed E-state index contributed by atoms with van der Waals surface area (Å²) < 4.78 is 55.9. The monoisotopic (exact) mass is 878 g/mol. The van der Waals surface area contributed by atoms with Crippen LogP contribution in [-0.2, 0) is 44.2 Å². The molecule has 0 aliphatic carbocycles. The number of Topliss-reactive ketones (excluding diaryl/α,β-unsaturated/α-hetero) is 2. The molecule has 0 N–H and O–H groups in total. The van der Waals surface area contributed by atoms with E-state index < -0.39 is 20.0 Å². The maximum Gasteiger partial charge on any atom is 0.264 e. The highest BCUT2D eigenvalue weighted by atomic mass is 35.5. The summed E-state index contributed by atoms with van der Waals surface area (Å²) in [5, 5.41) is 1.27. The van der Waals surface area contributed by atoms with Gasteiger partial charge in [0.2, 0.25) is 10.0 Å². The smallest absolute Gasteiger partial charge is 0.264 e. The number of rotatable bonds is 15. The molecule has 0 bridgehead atoms. The van der Waals surface area contributed by atoms with Gasteiger partial charge in [0.25, 0.3) is 10.0 Å². The molecule has 7 aromatic rings. The van der Waals surface area contributed by atoms with Crippen molar-refractivity contribution in [1.82, 2.24) is 14.3 Å². The van der Waals surface area contributed by atoms with E-state index >= 15 is 0 Å². The normalized spacial score (nSPS) is 11.6. The number of hydrogen-bond donors (Lipinski definition) is 0. The Morgan fingerprint density at radius 3 is 2.03 bits per heavy atom. The summed E-state index contributed by atoms with van der Waals surface area (Å²) in [6, 6.07) is 38.3.